The standard InChI is InChI=1S/C14H14BrN3O/c15-12-8-11(9-16-10-12)14(19)18-7-6-17-13-4-2-1-3-5-13/h1-5,8-10,17H,6-7H2,(H,18,19). The fourth-order valence-corrected chi connectivity index (χ4v) is 1.94. The third kappa shape index (κ3) is 4.37. The van der Waals surface area contributed by atoms with Gasteiger partial charge in [-0.3, -0.25) is 9.78 Å². The van der Waals surface area contributed by atoms with E-state index in [0.717, 1.165) is 10.2 Å². The van der Waals surface area contributed by atoms with E-state index >= 15 is 0 Å². The van der Waals surface area contributed by atoms with Crippen LogP contribution in [-0.4, -0.2) is 24.0 Å². The predicted molar refractivity (Wildman–Crippen MR) is 79.2 cm³/mol. The summed E-state index contributed by atoms with van der Waals surface area (Å²) in [7, 11) is 0. The number of benzene rings is 1. The number of halogens is 1. The Kier molecular flexibility index (Phi) is 4.92. The molecule has 4 nitrogen and oxygen atoms in total. The number of hydrogen-bond acceptors (Lipinski definition) is 3. The first-order valence-electron chi connectivity index (χ1n) is 5.93. The smallest absolute Gasteiger partial charge is 0.252 e. The van der Waals surface area contributed by atoms with Crippen LogP contribution in [0.15, 0.2) is 53.3 Å². The van der Waals surface area contributed by atoms with Gasteiger partial charge >= 0.3 is 0 Å². The molecular weight excluding hydrogens is 306 g/mol. The minimum absolute atomic E-state index is 0.122. The first kappa shape index (κ1) is 13.5. The van der Waals surface area contributed by atoms with E-state index in [0.29, 0.717) is 18.7 Å². The Bertz CT molecular complexity index is 545. The van der Waals surface area contributed by atoms with Gasteiger partial charge in [0.15, 0.2) is 0 Å². The number of carbonyl (C=O) groups excluding carboxylic acids is 1. The number of pyridine rings is 1. The maximum atomic E-state index is 11.8. The molecule has 0 spiro atoms. The van der Waals surface area contributed by atoms with Crippen LogP contribution >= 0.6 is 15.9 Å². The third-order valence-corrected chi connectivity index (χ3v) is 2.91. The molecule has 2 aromatic rings. The van der Waals surface area contributed by atoms with Crippen LogP contribution in [0, 0.1) is 0 Å². The highest BCUT2D eigenvalue weighted by Gasteiger charge is 2.05. The SMILES string of the molecule is O=C(NCCNc1ccccc1)c1cncc(Br)c1. The van der Waals surface area contributed by atoms with Gasteiger partial charge < -0.3 is 10.6 Å². The highest BCUT2D eigenvalue weighted by atomic mass is 79.9. The summed E-state index contributed by atoms with van der Waals surface area (Å²) >= 11 is 3.29. The van der Waals surface area contributed by atoms with Gasteiger partial charge in [0.25, 0.3) is 5.91 Å². The number of aromatic nitrogens is 1. The van der Waals surface area contributed by atoms with E-state index in [1.54, 1.807) is 18.5 Å². The van der Waals surface area contributed by atoms with Crippen LogP contribution < -0.4 is 10.6 Å². The minimum Gasteiger partial charge on any atom is -0.383 e. The highest BCUT2D eigenvalue weighted by molar-refractivity contribution is 9.10. The van der Waals surface area contributed by atoms with Crippen molar-refractivity contribution in [1.29, 1.82) is 0 Å². The van der Waals surface area contributed by atoms with Gasteiger partial charge in [-0.2, -0.15) is 0 Å². The number of hydrogen-bond donors (Lipinski definition) is 2. The van der Waals surface area contributed by atoms with Crippen LogP contribution in [0.5, 0.6) is 0 Å². The molecule has 2 rings (SSSR count). The van der Waals surface area contributed by atoms with E-state index in [2.05, 4.69) is 31.5 Å². The predicted octanol–water partition coefficient (Wildman–Crippen LogP) is 2.69. The molecule has 1 aromatic heterocycles. The molecule has 98 valence electrons. The van der Waals surface area contributed by atoms with Crippen LogP contribution in [0.3, 0.4) is 0 Å². The van der Waals surface area contributed by atoms with E-state index < -0.39 is 0 Å². The van der Waals surface area contributed by atoms with Crippen molar-refractivity contribution < 1.29 is 4.79 Å². The summed E-state index contributed by atoms with van der Waals surface area (Å²) in [5, 5.41) is 6.06. The number of carbonyl (C=O) groups is 1. The number of para-hydroxylation sites is 1. The maximum absolute atomic E-state index is 11.8. The van der Waals surface area contributed by atoms with Gasteiger partial charge in [0.05, 0.1) is 5.56 Å². The van der Waals surface area contributed by atoms with E-state index in [9.17, 15) is 4.79 Å². The number of nitrogens with zero attached hydrogens (tertiary/aromatic N) is 1. The van der Waals surface area contributed by atoms with Crippen molar-refractivity contribution in [3.05, 3.63) is 58.8 Å². The molecule has 0 aliphatic heterocycles. The molecule has 5 heteroatoms. The Labute approximate surface area is 120 Å². The van der Waals surface area contributed by atoms with Gasteiger partial charge in [-0.1, -0.05) is 18.2 Å². The summed E-state index contributed by atoms with van der Waals surface area (Å²) in [6, 6.07) is 11.6. The maximum Gasteiger partial charge on any atom is 0.252 e. The third-order valence-electron chi connectivity index (χ3n) is 2.48. The molecule has 1 aromatic carbocycles. The molecule has 19 heavy (non-hydrogen) atoms. The van der Waals surface area contributed by atoms with Gasteiger partial charge in [-0.15, -0.1) is 0 Å². The molecule has 0 saturated carbocycles. The van der Waals surface area contributed by atoms with Gasteiger partial charge in [-0.05, 0) is 34.1 Å². The van der Waals surface area contributed by atoms with Crippen LogP contribution in [0.4, 0.5) is 5.69 Å². The van der Waals surface area contributed by atoms with Crippen molar-refractivity contribution >= 4 is 27.5 Å². The molecular formula is C14H14BrN3O. The average Bonchev–Trinajstić information content (AvgIpc) is 2.44. The fourth-order valence-electron chi connectivity index (χ4n) is 1.58. The summed E-state index contributed by atoms with van der Waals surface area (Å²) in [5.74, 6) is -0.122. The number of nitrogens with one attached hydrogen (secondary N) is 2. The average molecular weight is 320 g/mol. The van der Waals surface area contributed by atoms with Gasteiger partial charge in [0, 0.05) is 35.6 Å². The fraction of sp³-hybridized carbons (Fsp3) is 0.143. The minimum atomic E-state index is -0.122. The van der Waals surface area contributed by atoms with E-state index in [1.807, 2.05) is 30.3 Å². The van der Waals surface area contributed by atoms with Gasteiger partial charge in [0.1, 0.15) is 0 Å². The Morgan fingerprint density at radius 3 is 2.68 bits per heavy atom. The second-order valence-corrected chi connectivity index (χ2v) is 4.86. The lowest BCUT2D eigenvalue weighted by molar-refractivity contribution is 0.0955. The van der Waals surface area contributed by atoms with E-state index in [1.165, 1.54) is 0 Å². The highest BCUT2D eigenvalue weighted by Crippen LogP contribution is 2.09. The van der Waals surface area contributed by atoms with Gasteiger partial charge in [-0.25, -0.2) is 0 Å². The zero-order valence-corrected chi connectivity index (χ0v) is 11.9. The lowest BCUT2D eigenvalue weighted by atomic mass is 10.3. The second kappa shape index (κ2) is 6.89. The normalized spacial score (nSPS) is 9.95. The molecule has 0 unspecified atom stereocenters. The van der Waals surface area contributed by atoms with Crippen molar-refractivity contribution in [3.8, 4) is 0 Å². The molecule has 0 aliphatic carbocycles. The number of anilines is 1. The molecule has 0 aliphatic rings. The number of amides is 1. The van der Waals surface area contributed by atoms with Gasteiger partial charge in [0.2, 0.25) is 0 Å². The van der Waals surface area contributed by atoms with Crippen LogP contribution in [0.25, 0.3) is 0 Å². The molecule has 0 fully saturated rings. The molecule has 1 amide bonds. The zero-order valence-electron chi connectivity index (χ0n) is 10.3. The van der Waals surface area contributed by atoms with E-state index in [-0.39, 0.29) is 5.91 Å². The largest absolute Gasteiger partial charge is 0.383 e. The van der Waals surface area contributed by atoms with Crippen LogP contribution in [0.1, 0.15) is 10.4 Å². The van der Waals surface area contributed by atoms with E-state index in [4.69, 9.17) is 0 Å². The van der Waals surface area contributed by atoms with Crippen molar-refractivity contribution in [2.45, 2.75) is 0 Å². The second-order valence-electron chi connectivity index (χ2n) is 3.94. The lowest BCUT2D eigenvalue weighted by Gasteiger charge is -2.07. The van der Waals surface area contributed by atoms with Crippen molar-refractivity contribution in [1.82, 2.24) is 10.3 Å². The lowest BCUT2D eigenvalue weighted by Crippen LogP contribution is -2.28. The summed E-state index contributed by atoms with van der Waals surface area (Å²) in [6.07, 6.45) is 3.19. The summed E-state index contributed by atoms with van der Waals surface area (Å²) in [4.78, 5) is 15.8. The summed E-state index contributed by atoms with van der Waals surface area (Å²) in [5.41, 5.74) is 1.59. The topological polar surface area (TPSA) is 54.0 Å². The summed E-state index contributed by atoms with van der Waals surface area (Å²) in [6.45, 7) is 1.23. The quantitative estimate of drug-likeness (QED) is 0.833. The summed E-state index contributed by atoms with van der Waals surface area (Å²) < 4.78 is 0.794. The van der Waals surface area contributed by atoms with Crippen molar-refractivity contribution in [2.24, 2.45) is 0 Å². The Balaban J connectivity index is 1.75. The Hall–Kier alpha value is -1.88. The van der Waals surface area contributed by atoms with Crippen LogP contribution in [0.2, 0.25) is 0 Å². The number of rotatable bonds is 5. The van der Waals surface area contributed by atoms with Crippen LogP contribution in [-0.2, 0) is 0 Å². The zero-order chi connectivity index (χ0) is 13.5. The van der Waals surface area contributed by atoms with Crippen molar-refractivity contribution in [2.75, 3.05) is 18.4 Å². The molecule has 0 atom stereocenters. The Morgan fingerprint density at radius 2 is 1.95 bits per heavy atom. The first-order valence-corrected chi connectivity index (χ1v) is 6.72. The molecule has 0 bridgehead atoms. The monoisotopic (exact) mass is 319 g/mol. The van der Waals surface area contributed by atoms with Crippen molar-refractivity contribution in [3.63, 3.8) is 0 Å². The Morgan fingerprint density at radius 1 is 1.16 bits per heavy atom. The molecule has 0 radical (unpaired) electrons. The molecule has 1 heterocycles. The molecule has 2 N–H and O–H groups in total. The first-order chi connectivity index (χ1) is 9.25. The molecule has 0 saturated heterocycles.